The Morgan fingerprint density at radius 3 is 2.52 bits per heavy atom. The fraction of sp³-hybridized carbons (Fsp3) is 0.682. The lowest BCUT2D eigenvalue weighted by atomic mass is 10.2. The van der Waals surface area contributed by atoms with Crippen LogP contribution in [0, 0.1) is 0 Å². The third kappa shape index (κ3) is 3.84. The molecule has 1 aliphatic carbocycles. The fourth-order valence-corrected chi connectivity index (χ4v) is 5.15. The maximum Gasteiger partial charge on any atom is 0.320 e. The van der Waals surface area contributed by atoms with Gasteiger partial charge in [0.1, 0.15) is 13.2 Å². The number of hydrogen-bond donors (Lipinski definition) is 0. The van der Waals surface area contributed by atoms with Crippen molar-refractivity contribution in [1.29, 1.82) is 0 Å². The van der Waals surface area contributed by atoms with Crippen molar-refractivity contribution in [3.8, 4) is 11.5 Å². The molecule has 0 spiro atoms. The minimum absolute atomic E-state index is 0.267. The third-order valence-electron chi connectivity index (χ3n) is 6.84. The van der Waals surface area contributed by atoms with Crippen molar-refractivity contribution in [3.05, 3.63) is 18.2 Å². The van der Waals surface area contributed by atoms with Crippen LogP contribution < -0.4 is 14.4 Å². The Balaban J connectivity index is 1.11. The van der Waals surface area contributed by atoms with Gasteiger partial charge >= 0.3 is 6.03 Å². The van der Waals surface area contributed by atoms with E-state index in [-0.39, 0.29) is 6.03 Å². The van der Waals surface area contributed by atoms with Crippen LogP contribution in [0.4, 0.5) is 10.5 Å². The summed E-state index contributed by atoms with van der Waals surface area (Å²) in [5.74, 6) is 1.75. The van der Waals surface area contributed by atoms with Crippen LogP contribution in [0.25, 0.3) is 0 Å². The SMILES string of the molecule is O=C1N(CCN2CCN(c3cccc4c3OCCO4)CC2)CCN1C1CCCC1. The van der Waals surface area contributed by atoms with Crippen molar-refractivity contribution in [1.82, 2.24) is 14.7 Å². The first kappa shape index (κ1) is 18.9. The average Bonchev–Trinajstić information content (AvgIpc) is 3.42. The number of fused-ring (bicyclic) bond motifs is 1. The van der Waals surface area contributed by atoms with Crippen LogP contribution in [0.5, 0.6) is 11.5 Å². The monoisotopic (exact) mass is 400 g/mol. The molecule has 0 aromatic heterocycles. The molecule has 3 heterocycles. The predicted octanol–water partition coefficient (Wildman–Crippen LogP) is 2.26. The Morgan fingerprint density at radius 1 is 0.897 bits per heavy atom. The number of carbonyl (C=O) groups excluding carboxylic acids is 1. The number of rotatable bonds is 5. The highest BCUT2D eigenvalue weighted by atomic mass is 16.6. The molecule has 0 unspecified atom stereocenters. The van der Waals surface area contributed by atoms with Gasteiger partial charge in [0.05, 0.1) is 5.69 Å². The molecule has 7 nitrogen and oxygen atoms in total. The zero-order chi connectivity index (χ0) is 19.6. The van der Waals surface area contributed by atoms with Gasteiger partial charge < -0.3 is 24.2 Å². The van der Waals surface area contributed by atoms with Gasteiger partial charge in [0, 0.05) is 58.4 Å². The summed E-state index contributed by atoms with van der Waals surface area (Å²) < 4.78 is 11.6. The highest BCUT2D eigenvalue weighted by Crippen LogP contribution is 2.39. The molecule has 0 N–H and O–H groups in total. The van der Waals surface area contributed by atoms with Crippen LogP contribution >= 0.6 is 0 Å². The number of amides is 2. The van der Waals surface area contributed by atoms with E-state index >= 15 is 0 Å². The molecule has 3 aliphatic heterocycles. The number of carbonyl (C=O) groups is 1. The largest absolute Gasteiger partial charge is 0.486 e. The van der Waals surface area contributed by atoms with Crippen molar-refractivity contribution in [2.75, 3.05) is 70.5 Å². The smallest absolute Gasteiger partial charge is 0.320 e. The van der Waals surface area contributed by atoms with E-state index < -0.39 is 0 Å². The van der Waals surface area contributed by atoms with Crippen molar-refractivity contribution >= 4 is 11.7 Å². The highest BCUT2D eigenvalue weighted by Gasteiger charge is 2.35. The van der Waals surface area contributed by atoms with Crippen molar-refractivity contribution in [2.24, 2.45) is 0 Å². The Kier molecular flexibility index (Phi) is 5.40. The van der Waals surface area contributed by atoms with Gasteiger partial charge in [-0.1, -0.05) is 18.9 Å². The lowest BCUT2D eigenvalue weighted by Gasteiger charge is -2.37. The average molecular weight is 401 g/mol. The third-order valence-corrected chi connectivity index (χ3v) is 6.84. The molecule has 7 heteroatoms. The van der Waals surface area contributed by atoms with Crippen molar-refractivity contribution in [3.63, 3.8) is 0 Å². The summed E-state index contributed by atoms with van der Waals surface area (Å²) in [5, 5.41) is 0. The van der Waals surface area contributed by atoms with Gasteiger partial charge in [-0.05, 0) is 25.0 Å². The second-order valence-corrected chi connectivity index (χ2v) is 8.53. The van der Waals surface area contributed by atoms with E-state index in [2.05, 4.69) is 25.7 Å². The first-order chi connectivity index (χ1) is 14.3. The first-order valence-corrected chi connectivity index (χ1v) is 11.2. The Morgan fingerprint density at radius 2 is 1.69 bits per heavy atom. The molecule has 0 bridgehead atoms. The summed E-state index contributed by atoms with van der Waals surface area (Å²) in [7, 11) is 0. The summed E-state index contributed by atoms with van der Waals surface area (Å²) in [6.45, 7) is 8.83. The number of urea groups is 1. The summed E-state index contributed by atoms with van der Waals surface area (Å²) in [6, 6.07) is 6.92. The lowest BCUT2D eigenvalue weighted by molar-refractivity contribution is 0.167. The van der Waals surface area contributed by atoms with Gasteiger partial charge in [0.2, 0.25) is 0 Å². The van der Waals surface area contributed by atoms with Gasteiger partial charge in [0.15, 0.2) is 11.5 Å². The van der Waals surface area contributed by atoms with Crippen LogP contribution in [0.3, 0.4) is 0 Å². The Hall–Kier alpha value is -2.15. The van der Waals surface area contributed by atoms with Gasteiger partial charge in [-0.3, -0.25) is 4.90 Å². The molecule has 2 amide bonds. The number of para-hydroxylation sites is 1. The molecular weight excluding hydrogens is 368 g/mol. The quantitative estimate of drug-likeness (QED) is 0.759. The molecule has 3 fully saturated rings. The van der Waals surface area contributed by atoms with E-state index in [9.17, 15) is 4.79 Å². The van der Waals surface area contributed by atoms with E-state index in [0.717, 1.165) is 69.5 Å². The maximum atomic E-state index is 12.7. The molecule has 0 atom stereocenters. The molecule has 158 valence electrons. The second kappa shape index (κ2) is 8.30. The molecule has 1 aromatic rings. The number of hydrogen-bond acceptors (Lipinski definition) is 5. The standard InChI is InChI=1S/C22H32N4O3/c27-22-25(14-15-26(22)18-4-1-2-5-18)13-10-23-8-11-24(12-9-23)19-6-3-7-20-21(19)29-17-16-28-20/h3,6-7,18H,1-2,4-5,8-17H2. The lowest BCUT2D eigenvalue weighted by Crippen LogP contribution is -2.49. The number of anilines is 1. The van der Waals surface area contributed by atoms with E-state index in [1.54, 1.807) is 0 Å². The molecule has 0 radical (unpaired) electrons. The van der Waals surface area contributed by atoms with Crippen LogP contribution in [0.2, 0.25) is 0 Å². The fourth-order valence-electron chi connectivity index (χ4n) is 5.15. The molecule has 1 saturated carbocycles. The number of nitrogens with zero attached hydrogens (tertiary/aromatic N) is 4. The minimum Gasteiger partial charge on any atom is -0.486 e. The normalized spacial score (nSPS) is 23.3. The van der Waals surface area contributed by atoms with Crippen LogP contribution in [-0.4, -0.2) is 92.3 Å². The molecule has 29 heavy (non-hydrogen) atoms. The molecule has 4 aliphatic rings. The van der Waals surface area contributed by atoms with Gasteiger partial charge in [-0.25, -0.2) is 4.79 Å². The zero-order valence-corrected chi connectivity index (χ0v) is 17.2. The predicted molar refractivity (Wildman–Crippen MR) is 112 cm³/mol. The Bertz CT molecular complexity index is 729. The summed E-state index contributed by atoms with van der Waals surface area (Å²) in [4.78, 5) is 21.8. The molecular formula is C22H32N4O3. The number of piperazine rings is 1. The van der Waals surface area contributed by atoms with Crippen molar-refractivity contribution < 1.29 is 14.3 Å². The van der Waals surface area contributed by atoms with Crippen LogP contribution in [0.1, 0.15) is 25.7 Å². The Labute approximate surface area is 173 Å². The second-order valence-electron chi connectivity index (χ2n) is 8.53. The summed E-state index contributed by atoms with van der Waals surface area (Å²) in [6.07, 6.45) is 4.94. The molecule has 2 saturated heterocycles. The van der Waals surface area contributed by atoms with E-state index in [1.807, 2.05) is 12.1 Å². The van der Waals surface area contributed by atoms with Gasteiger partial charge in [-0.2, -0.15) is 0 Å². The highest BCUT2D eigenvalue weighted by molar-refractivity contribution is 5.77. The first-order valence-electron chi connectivity index (χ1n) is 11.2. The van der Waals surface area contributed by atoms with Crippen molar-refractivity contribution in [2.45, 2.75) is 31.7 Å². The molecule has 1 aromatic carbocycles. The number of benzene rings is 1. The van der Waals surface area contributed by atoms with Crippen LogP contribution in [0.15, 0.2) is 18.2 Å². The topological polar surface area (TPSA) is 48.5 Å². The van der Waals surface area contributed by atoms with Gasteiger partial charge in [0.25, 0.3) is 0 Å². The van der Waals surface area contributed by atoms with Gasteiger partial charge in [-0.15, -0.1) is 0 Å². The maximum absolute atomic E-state index is 12.7. The summed E-state index contributed by atoms with van der Waals surface area (Å²) in [5.41, 5.74) is 1.14. The summed E-state index contributed by atoms with van der Waals surface area (Å²) >= 11 is 0. The number of ether oxygens (including phenoxy) is 2. The van der Waals surface area contributed by atoms with E-state index in [0.29, 0.717) is 19.3 Å². The van der Waals surface area contributed by atoms with E-state index in [4.69, 9.17) is 9.47 Å². The zero-order valence-electron chi connectivity index (χ0n) is 17.2. The van der Waals surface area contributed by atoms with Crippen LogP contribution in [-0.2, 0) is 0 Å². The van der Waals surface area contributed by atoms with E-state index in [1.165, 1.54) is 25.7 Å². The molecule has 5 rings (SSSR count). The minimum atomic E-state index is 0.267.